The van der Waals surface area contributed by atoms with Crippen LogP contribution < -0.4 is 24.4 Å². The molecule has 0 aromatic heterocycles. The molecule has 0 fully saturated rings. The van der Waals surface area contributed by atoms with Crippen LogP contribution in [-0.2, 0) is 14.8 Å². The summed E-state index contributed by atoms with van der Waals surface area (Å²) in [6.07, 6.45) is 2.22. The van der Waals surface area contributed by atoms with Crippen molar-refractivity contribution in [1.82, 2.24) is 10.1 Å². The zero-order chi connectivity index (χ0) is 26.7. The zero-order valence-electron chi connectivity index (χ0n) is 20.3. The largest absolute Gasteiger partial charge is 0.494 e. The van der Waals surface area contributed by atoms with E-state index in [2.05, 4.69) is 15.2 Å². The van der Waals surface area contributed by atoms with Crippen molar-refractivity contribution in [2.45, 2.75) is 18.2 Å². The van der Waals surface area contributed by atoms with Gasteiger partial charge in [-0.3, -0.25) is 4.79 Å². The Hall–Kier alpha value is -4.22. The van der Waals surface area contributed by atoms with E-state index in [0.717, 1.165) is 6.42 Å². The molecule has 0 aliphatic carbocycles. The third kappa shape index (κ3) is 8.16. The highest BCUT2D eigenvalue weighted by molar-refractivity contribution is 7.89. The maximum atomic E-state index is 12.5. The Bertz CT molecular complexity index is 1340. The van der Waals surface area contributed by atoms with Crippen molar-refractivity contribution >= 4 is 28.1 Å². The third-order valence-corrected chi connectivity index (χ3v) is 6.25. The van der Waals surface area contributed by atoms with Gasteiger partial charge in [0.25, 0.3) is 5.91 Å². The van der Waals surface area contributed by atoms with Gasteiger partial charge in [0.05, 0.1) is 36.9 Å². The second-order valence-corrected chi connectivity index (χ2v) is 9.37. The fourth-order valence-corrected chi connectivity index (χ4v) is 3.98. The fourth-order valence-electron chi connectivity index (χ4n) is 2.98. The van der Waals surface area contributed by atoms with E-state index in [-0.39, 0.29) is 16.4 Å². The molecule has 0 heterocycles. The van der Waals surface area contributed by atoms with Crippen LogP contribution in [0.4, 0.5) is 0 Å². The molecule has 0 spiro atoms. The van der Waals surface area contributed by atoms with Crippen molar-refractivity contribution < 1.29 is 32.2 Å². The lowest BCUT2D eigenvalue weighted by Gasteiger charge is -2.10. The molecule has 1 amide bonds. The Morgan fingerprint density at radius 1 is 0.973 bits per heavy atom. The van der Waals surface area contributed by atoms with Crippen LogP contribution in [0.25, 0.3) is 0 Å². The number of benzene rings is 3. The SMILES string of the molecule is CCCOc1ccc(C(=O)Oc2ccc(C=NNC(=O)CNS(=O)(=O)c3ccccc3)cc2OC)cc1. The van der Waals surface area contributed by atoms with Crippen LogP contribution in [0.2, 0.25) is 0 Å². The molecule has 0 bridgehead atoms. The fraction of sp³-hybridized carbons (Fsp3) is 0.192. The van der Waals surface area contributed by atoms with Crippen molar-refractivity contribution in [3.8, 4) is 17.2 Å². The molecule has 10 nitrogen and oxygen atoms in total. The van der Waals surface area contributed by atoms with Gasteiger partial charge < -0.3 is 14.2 Å². The van der Waals surface area contributed by atoms with E-state index in [1.165, 1.54) is 31.5 Å². The topological polar surface area (TPSA) is 132 Å². The van der Waals surface area contributed by atoms with Gasteiger partial charge in [-0.25, -0.2) is 23.4 Å². The molecule has 3 aromatic rings. The summed E-state index contributed by atoms with van der Waals surface area (Å²) in [5, 5.41) is 3.82. The lowest BCUT2D eigenvalue weighted by atomic mass is 10.2. The van der Waals surface area contributed by atoms with Crippen LogP contribution in [0.5, 0.6) is 17.2 Å². The van der Waals surface area contributed by atoms with Crippen LogP contribution in [0.15, 0.2) is 82.8 Å². The number of sulfonamides is 1. The lowest BCUT2D eigenvalue weighted by Crippen LogP contribution is -2.34. The number of carbonyl (C=O) groups excluding carboxylic acids is 2. The van der Waals surface area contributed by atoms with Gasteiger partial charge in [0.1, 0.15) is 5.75 Å². The van der Waals surface area contributed by atoms with E-state index in [4.69, 9.17) is 14.2 Å². The standard InChI is InChI=1S/C26H27N3O7S/c1-3-15-35-21-12-10-20(11-13-21)26(31)36-23-14-9-19(16-24(23)34-2)17-27-29-25(30)18-28-37(32,33)22-7-5-4-6-8-22/h4-14,16-17,28H,3,15,18H2,1-2H3,(H,29,30). The summed E-state index contributed by atoms with van der Waals surface area (Å²) in [4.78, 5) is 24.5. The van der Waals surface area contributed by atoms with Crippen LogP contribution in [-0.4, -0.2) is 46.8 Å². The monoisotopic (exact) mass is 525 g/mol. The lowest BCUT2D eigenvalue weighted by molar-refractivity contribution is -0.119. The third-order valence-electron chi connectivity index (χ3n) is 4.83. The molecule has 2 N–H and O–H groups in total. The second kappa shape index (κ2) is 13.2. The molecular formula is C26H27N3O7S. The summed E-state index contributed by atoms with van der Waals surface area (Å²) in [5.41, 5.74) is 3.14. The highest BCUT2D eigenvalue weighted by Gasteiger charge is 2.15. The number of amides is 1. The summed E-state index contributed by atoms with van der Waals surface area (Å²) >= 11 is 0. The minimum absolute atomic E-state index is 0.0530. The number of hydrazone groups is 1. The van der Waals surface area contributed by atoms with E-state index >= 15 is 0 Å². The maximum absolute atomic E-state index is 12.5. The van der Waals surface area contributed by atoms with Gasteiger partial charge in [0, 0.05) is 0 Å². The predicted molar refractivity (Wildman–Crippen MR) is 138 cm³/mol. The van der Waals surface area contributed by atoms with Gasteiger partial charge in [0.15, 0.2) is 11.5 Å². The Morgan fingerprint density at radius 3 is 2.38 bits per heavy atom. The first-order valence-electron chi connectivity index (χ1n) is 11.3. The summed E-state index contributed by atoms with van der Waals surface area (Å²) in [7, 11) is -2.38. The molecule has 0 saturated carbocycles. The minimum Gasteiger partial charge on any atom is -0.494 e. The number of esters is 1. The summed E-state index contributed by atoms with van der Waals surface area (Å²) in [6.45, 7) is 2.11. The predicted octanol–water partition coefficient (Wildman–Crippen LogP) is 3.13. The van der Waals surface area contributed by atoms with Crippen LogP contribution in [0.3, 0.4) is 0 Å². The first-order chi connectivity index (χ1) is 17.8. The van der Waals surface area contributed by atoms with Gasteiger partial charge in [-0.05, 0) is 66.6 Å². The molecule has 0 radical (unpaired) electrons. The number of ether oxygens (including phenoxy) is 3. The van der Waals surface area contributed by atoms with Crippen molar-refractivity contribution in [1.29, 1.82) is 0 Å². The summed E-state index contributed by atoms with van der Waals surface area (Å²) < 4.78 is 42.8. The summed E-state index contributed by atoms with van der Waals surface area (Å²) in [5.74, 6) is -0.0656. The van der Waals surface area contributed by atoms with Gasteiger partial charge in [-0.1, -0.05) is 25.1 Å². The van der Waals surface area contributed by atoms with Gasteiger partial charge in [-0.15, -0.1) is 0 Å². The van der Waals surface area contributed by atoms with Crippen LogP contribution >= 0.6 is 0 Å². The van der Waals surface area contributed by atoms with Gasteiger partial charge in [-0.2, -0.15) is 5.10 Å². The Labute approximate surface area is 215 Å². The molecule has 0 aliphatic rings. The maximum Gasteiger partial charge on any atom is 0.343 e. The smallest absolute Gasteiger partial charge is 0.343 e. The summed E-state index contributed by atoms with van der Waals surface area (Å²) in [6, 6.07) is 19.0. The molecule has 0 aliphatic heterocycles. The number of nitrogens with zero attached hydrogens (tertiary/aromatic N) is 1. The second-order valence-electron chi connectivity index (χ2n) is 7.60. The Morgan fingerprint density at radius 2 is 1.70 bits per heavy atom. The number of carbonyl (C=O) groups is 2. The highest BCUT2D eigenvalue weighted by Crippen LogP contribution is 2.28. The van der Waals surface area contributed by atoms with Gasteiger partial charge >= 0.3 is 5.97 Å². The molecule has 0 atom stereocenters. The number of methoxy groups -OCH3 is 1. The molecule has 0 saturated heterocycles. The molecule has 194 valence electrons. The molecule has 3 aromatic carbocycles. The molecular weight excluding hydrogens is 498 g/mol. The van der Waals surface area contributed by atoms with E-state index in [0.29, 0.717) is 23.5 Å². The van der Waals surface area contributed by atoms with Crippen LogP contribution in [0.1, 0.15) is 29.3 Å². The average Bonchev–Trinajstić information content (AvgIpc) is 2.92. The quantitative estimate of drug-likeness (QED) is 0.161. The zero-order valence-corrected chi connectivity index (χ0v) is 21.2. The number of nitrogens with one attached hydrogen (secondary N) is 2. The molecule has 11 heteroatoms. The average molecular weight is 526 g/mol. The van der Waals surface area contributed by atoms with E-state index in [9.17, 15) is 18.0 Å². The first-order valence-corrected chi connectivity index (χ1v) is 12.8. The first kappa shape index (κ1) is 27.4. The Kier molecular flexibility index (Phi) is 9.76. The van der Waals surface area contributed by atoms with E-state index in [1.807, 2.05) is 6.92 Å². The van der Waals surface area contributed by atoms with Crippen LogP contribution in [0, 0.1) is 0 Å². The van der Waals surface area contributed by atoms with Crippen molar-refractivity contribution in [2.24, 2.45) is 5.10 Å². The van der Waals surface area contributed by atoms with Crippen molar-refractivity contribution in [3.63, 3.8) is 0 Å². The van der Waals surface area contributed by atoms with Gasteiger partial charge in [0.2, 0.25) is 10.0 Å². The number of hydrogen-bond acceptors (Lipinski definition) is 8. The van der Waals surface area contributed by atoms with E-state index < -0.39 is 28.4 Å². The number of rotatable bonds is 12. The molecule has 37 heavy (non-hydrogen) atoms. The highest BCUT2D eigenvalue weighted by atomic mass is 32.2. The van der Waals surface area contributed by atoms with E-state index in [1.54, 1.807) is 54.6 Å². The molecule has 3 rings (SSSR count). The normalized spacial score (nSPS) is 11.2. The van der Waals surface area contributed by atoms with Crippen molar-refractivity contribution in [2.75, 3.05) is 20.3 Å². The van der Waals surface area contributed by atoms with Crippen molar-refractivity contribution in [3.05, 3.63) is 83.9 Å². The minimum atomic E-state index is -3.81. The number of hydrogen-bond donors (Lipinski definition) is 2. The molecule has 0 unspecified atom stereocenters. The Balaban J connectivity index is 1.55.